The monoisotopic (exact) mass is 293 g/mol. The summed E-state index contributed by atoms with van der Waals surface area (Å²) in [7, 11) is 0. The van der Waals surface area contributed by atoms with Crippen LogP contribution in [0.4, 0.5) is 4.39 Å². The molecule has 0 radical (unpaired) electrons. The van der Waals surface area contributed by atoms with Gasteiger partial charge in [-0.2, -0.15) is 0 Å². The van der Waals surface area contributed by atoms with Crippen molar-refractivity contribution in [2.24, 2.45) is 0 Å². The molecule has 2 heterocycles. The number of furan rings is 1. The highest BCUT2D eigenvalue weighted by molar-refractivity contribution is 5.77. The first kappa shape index (κ1) is 14.5. The summed E-state index contributed by atoms with van der Waals surface area (Å²) in [5.41, 5.74) is 0.576. The van der Waals surface area contributed by atoms with Crippen LogP contribution in [0, 0.1) is 5.82 Å². The second-order valence-corrected chi connectivity index (χ2v) is 5.49. The van der Waals surface area contributed by atoms with Crippen molar-refractivity contribution >= 4 is 11.0 Å². The first-order valence-electron chi connectivity index (χ1n) is 7.38. The molecule has 5 heteroatoms. The van der Waals surface area contributed by atoms with Gasteiger partial charge in [0.1, 0.15) is 29.4 Å². The molecule has 0 spiro atoms. The normalized spacial score (nSPS) is 21.8. The van der Waals surface area contributed by atoms with Gasteiger partial charge < -0.3 is 14.3 Å². The van der Waals surface area contributed by atoms with Gasteiger partial charge in [-0.05, 0) is 37.2 Å². The van der Waals surface area contributed by atoms with Gasteiger partial charge in [0.05, 0.1) is 6.61 Å². The highest BCUT2D eigenvalue weighted by Gasteiger charge is 2.29. The SMILES string of the molecule is CCCN1CCOC(C(O)c2cc3cc(F)ccc3o2)C1. The van der Waals surface area contributed by atoms with Crippen molar-refractivity contribution in [1.29, 1.82) is 0 Å². The topological polar surface area (TPSA) is 45.8 Å². The fourth-order valence-electron chi connectivity index (χ4n) is 2.81. The molecule has 1 saturated heterocycles. The lowest BCUT2D eigenvalue weighted by atomic mass is 10.1. The number of halogens is 1. The van der Waals surface area contributed by atoms with Gasteiger partial charge in [0.15, 0.2) is 0 Å². The Labute approximate surface area is 123 Å². The molecular formula is C16H20FNO3. The fourth-order valence-corrected chi connectivity index (χ4v) is 2.81. The standard InChI is InChI=1S/C16H20FNO3/c1-2-5-18-6-7-20-15(10-18)16(19)14-9-11-8-12(17)3-4-13(11)21-14/h3-4,8-9,15-16,19H,2,5-7,10H2,1H3. The summed E-state index contributed by atoms with van der Waals surface area (Å²) in [5.74, 6) is 0.117. The van der Waals surface area contributed by atoms with Gasteiger partial charge >= 0.3 is 0 Å². The van der Waals surface area contributed by atoms with Crippen LogP contribution in [-0.2, 0) is 4.74 Å². The number of aliphatic hydroxyl groups excluding tert-OH is 1. The Bertz CT molecular complexity index is 611. The van der Waals surface area contributed by atoms with E-state index in [0.717, 1.165) is 19.5 Å². The molecule has 0 amide bonds. The summed E-state index contributed by atoms with van der Waals surface area (Å²) < 4.78 is 24.5. The molecule has 0 aliphatic carbocycles. The third-order valence-electron chi connectivity index (χ3n) is 3.86. The van der Waals surface area contributed by atoms with Crippen LogP contribution in [0.25, 0.3) is 11.0 Å². The molecular weight excluding hydrogens is 273 g/mol. The molecule has 21 heavy (non-hydrogen) atoms. The molecule has 4 nitrogen and oxygen atoms in total. The predicted octanol–water partition coefficient (Wildman–Crippen LogP) is 2.72. The van der Waals surface area contributed by atoms with Gasteiger partial charge in [0, 0.05) is 18.5 Å². The van der Waals surface area contributed by atoms with E-state index in [1.54, 1.807) is 12.1 Å². The number of aliphatic hydroxyl groups is 1. The maximum absolute atomic E-state index is 13.2. The summed E-state index contributed by atoms with van der Waals surface area (Å²) >= 11 is 0. The molecule has 1 aromatic heterocycles. The number of morpholine rings is 1. The zero-order valence-electron chi connectivity index (χ0n) is 12.1. The minimum absolute atomic E-state index is 0.310. The summed E-state index contributed by atoms with van der Waals surface area (Å²) in [5, 5.41) is 11.1. The average Bonchev–Trinajstić information content (AvgIpc) is 2.90. The van der Waals surface area contributed by atoms with Crippen molar-refractivity contribution in [2.45, 2.75) is 25.6 Å². The van der Waals surface area contributed by atoms with Gasteiger partial charge in [0.25, 0.3) is 0 Å². The predicted molar refractivity (Wildman–Crippen MR) is 77.6 cm³/mol. The highest BCUT2D eigenvalue weighted by atomic mass is 19.1. The summed E-state index contributed by atoms with van der Waals surface area (Å²) in [6.07, 6.45) is -0.0666. The van der Waals surface area contributed by atoms with E-state index in [-0.39, 0.29) is 11.9 Å². The Balaban J connectivity index is 1.77. The van der Waals surface area contributed by atoms with Crippen molar-refractivity contribution < 1.29 is 18.7 Å². The lowest BCUT2D eigenvalue weighted by Gasteiger charge is -2.34. The Morgan fingerprint density at radius 1 is 1.43 bits per heavy atom. The Hall–Kier alpha value is -1.43. The smallest absolute Gasteiger partial charge is 0.139 e. The van der Waals surface area contributed by atoms with Crippen LogP contribution in [0.2, 0.25) is 0 Å². The largest absolute Gasteiger partial charge is 0.458 e. The van der Waals surface area contributed by atoms with Gasteiger partial charge in [0.2, 0.25) is 0 Å². The molecule has 0 bridgehead atoms. The van der Waals surface area contributed by atoms with E-state index in [4.69, 9.17) is 9.15 Å². The van der Waals surface area contributed by atoms with Crippen LogP contribution in [0.1, 0.15) is 25.2 Å². The van der Waals surface area contributed by atoms with Crippen molar-refractivity contribution in [3.63, 3.8) is 0 Å². The molecule has 1 aliphatic heterocycles. The molecule has 1 fully saturated rings. The van der Waals surface area contributed by atoms with Crippen LogP contribution < -0.4 is 0 Å². The highest BCUT2D eigenvalue weighted by Crippen LogP contribution is 2.28. The quantitative estimate of drug-likeness (QED) is 0.941. The number of fused-ring (bicyclic) bond motifs is 1. The molecule has 3 rings (SSSR count). The molecule has 0 saturated carbocycles. The summed E-state index contributed by atoms with van der Waals surface area (Å²) in [6.45, 7) is 5.31. The number of nitrogens with zero attached hydrogens (tertiary/aromatic N) is 1. The van der Waals surface area contributed by atoms with Crippen molar-refractivity contribution in [1.82, 2.24) is 4.90 Å². The van der Waals surface area contributed by atoms with Crippen molar-refractivity contribution in [3.8, 4) is 0 Å². The van der Waals surface area contributed by atoms with E-state index in [9.17, 15) is 9.50 Å². The van der Waals surface area contributed by atoms with Crippen molar-refractivity contribution in [2.75, 3.05) is 26.2 Å². The van der Waals surface area contributed by atoms with Gasteiger partial charge in [-0.3, -0.25) is 4.90 Å². The zero-order valence-corrected chi connectivity index (χ0v) is 12.1. The zero-order chi connectivity index (χ0) is 14.8. The van der Waals surface area contributed by atoms with Crippen molar-refractivity contribution in [3.05, 3.63) is 35.8 Å². The maximum Gasteiger partial charge on any atom is 0.139 e. The molecule has 1 N–H and O–H groups in total. The van der Waals surface area contributed by atoms with E-state index in [1.807, 2.05) is 0 Å². The van der Waals surface area contributed by atoms with Gasteiger partial charge in [-0.1, -0.05) is 6.92 Å². The van der Waals surface area contributed by atoms with E-state index < -0.39 is 6.10 Å². The van der Waals surface area contributed by atoms with E-state index in [0.29, 0.717) is 29.9 Å². The van der Waals surface area contributed by atoms with Gasteiger partial charge in [-0.15, -0.1) is 0 Å². The Morgan fingerprint density at radius 2 is 2.29 bits per heavy atom. The minimum atomic E-state index is -0.833. The molecule has 2 aromatic rings. The average molecular weight is 293 g/mol. The number of ether oxygens (including phenoxy) is 1. The minimum Gasteiger partial charge on any atom is -0.458 e. The maximum atomic E-state index is 13.2. The summed E-state index contributed by atoms with van der Waals surface area (Å²) in [4.78, 5) is 2.28. The number of hydrogen-bond acceptors (Lipinski definition) is 4. The third kappa shape index (κ3) is 3.10. The number of benzene rings is 1. The summed E-state index contributed by atoms with van der Waals surface area (Å²) in [6, 6.07) is 6.01. The first-order chi connectivity index (χ1) is 10.2. The second kappa shape index (κ2) is 6.13. The number of rotatable bonds is 4. The van der Waals surface area contributed by atoms with E-state index in [2.05, 4.69) is 11.8 Å². The van der Waals surface area contributed by atoms with Crippen LogP contribution in [0.3, 0.4) is 0 Å². The molecule has 1 aliphatic rings. The number of hydrogen-bond donors (Lipinski definition) is 1. The van der Waals surface area contributed by atoms with E-state index >= 15 is 0 Å². The Kier molecular flexibility index (Phi) is 4.24. The van der Waals surface area contributed by atoms with Crippen LogP contribution in [0.15, 0.2) is 28.7 Å². The Morgan fingerprint density at radius 3 is 3.10 bits per heavy atom. The molecule has 1 aromatic carbocycles. The van der Waals surface area contributed by atoms with E-state index in [1.165, 1.54) is 12.1 Å². The third-order valence-corrected chi connectivity index (χ3v) is 3.86. The van der Waals surface area contributed by atoms with Crippen LogP contribution in [-0.4, -0.2) is 42.4 Å². The van der Waals surface area contributed by atoms with Crippen LogP contribution >= 0.6 is 0 Å². The molecule has 2 unspecified atom stereocenters. The molecule has 114 valence electrons. The lowest BCUT2D eigenvalue weighted by Crippen LogP contribution is -2.45. The second-order valence-electron chi connectivity index (χ2n) is 5.49. The van der Waals surface area contributed by atoms with Gasteiger partial charge in [-0.25, -0.2) is 4.39 Å². The van der Waals surface area contributed by atoms with Crippen LogP contribution in [0.5, 0.6) is 0 Å². The lowest BCUT2D eigenvalue weighted by molar-refractivity contribution is -0.0950. The first-order valence-corrected chi connectivity index (χ1v) is 7.38. The molecule has 2 atom stereocenters. The fraction of sp³-hybridized carbons (Fsp3) is 0.500.